The molecule has 1 aromatic carbocycles. The second kappa shape index (κ2) is 6.48. The monoisotopic (exact) mass is 311 g/mol. The Kier molecular flexibility index (Phi) is 4.23. The van der Waals surface area contributed by atoms with Crippen LogP contribution in [0.25, 0.3) is 11.3 Å². The number of aliphatic carboxylic acids is 1. The molecule has 2 atom stereocenters. The molecule has 6 heteroatoms. The Morgan fingerprint density at radius 3 is 2.52 bits per heavy atom. The van der Waals surface area contributed by atoms with Crippen LogP contribution in [0.5, 0.6) is 0 Å². The number of rotatable bonds is 4. The zero-order chi connectivity index (χ0) is 16.2. The van der Waals surface area contributed by atoms with Crippen LogP contribution in [0.1, 0.15) is 12.8 Å². The van der Waals surface area contributed by atoms with E-state index in [9.17, 15) is 14.7 Å². The van der Waals surface area contributed by atoms with Crippen LogP contribution >= 0.6 is 0 Å². The summed E-state index contributed by atoms with van der Waals surface area (Å²) in [5.41, 5.74) is 1.75. The zero-order valence-electron chi connectivity index (χ0n) is 12.4. The maximum atomic E-state index is 12.4. The Labute approximate surface area is 133 Å². The Morgan fingerprint density at radius 1 is 1.13 bits per heavy atom. The minimum atomic E-state index is -0.943. The van der Waals surface area contributed by atoms with Crippen molar-refractivity contribution in [1.29, 1.82) is 0 Å². The number of allylic oxidation sites excluding steroid dienone is 2. The number of anilines is 1. The second-order valence-electron chi connectivity index (χ2n) is 5.52. The molecule has 2 unspecified atom stereocenters. The van der Waals surface area contributed by atoms with E-state index in [4.69, 9.17) is 0 Å². The number of H-pyrrole nitrogens is 1. The van der Waals surface area contributed by atoms with Gasteiger partial charge in [0.05, 0.1) is 17.5 Å². The van der Waals surface area contributed by atoms with Crippen molar-refractivity contribution in [2.75, 3.05) is 5.32 Å². The van der Waals surface area contributed by atoms with Crippen LogP contribution in [0.15, 0.2) is 48.6 Å². The molecule has 6 nitrogen and oxygen atoms in total. The largest absolute Gasteiger partial charge is 0.481 e. The molecule has 2 aromatic rings. The Balaban J connectivity index is 1.72. The number of hydrogen-bond donors (Lipinski definition) is 3. The summed E-state index contributed by atoms with van der Waals surface area (Å²) in [5, 5.41) is 18.9. The van der Waals surface area contributed by atoms with Crippen LogP contribution in [-0.2, 0) is 9.59 Å². The quantitative estimate of drug-likeness (QED) is 0.756. The number of hydrogen-bond acceptors (Lipinski definition) is 3. The molecule has 1 amide bonds. The van der Waals surface area contributed by atoms with E-state index in [0.29, 0.717) is 18.7 Å². The highest BCUT2D eigenvalue weighted by Gasteiger charge is 2.34. The first kappa shape index (κ1) is 15.0. The van der Waals surface area contributed by atoms with Gasteiger partial charge in [0.15, 0.2) is 5.82 Å². The van der Waals surface area contributed by atoms with E-state index in [1.54, 1.807) is 6.07 Å². The highest BCUT2D eigenvalue weighted by atomic mass is 16.4. The van der Waals surface area contributed by atoms with Gasteiger partial charge < -0.3 is 10.4 Å². The van der Waals surface area contributed by atoms with E-state index >= 15 is 0 Å². The van der Waals surface area contributed by atoms with Crippen molar-refractivity contribution in [1.82, 2.24) is 10.2 Å². The predicted octanol–water partition coefficient (Wildman–Crippen LogP) is 2.68. The normalized spacial score (nSPS) is 20.2. The molecule has 1 aliphatic carbocycles. The summed E-state index contributed by atoms with van der Waals surface area (Å²) in [4.78, 5) is 23.6. The smallest absolute Gasteiger partial charge is 0.307 e. The Morgan fingerprint density at radius 2 is 1.83 bits per heavy atom. The van der Waals surface area contributed by atoms with Crippen molar-refractivity contribution in [3.8, 4) is 11.3 Å². The third-order valence-corrected chi connectivity index (χ3v) is 4.00. The molecule has 0 bridgehead atoms. The predicted molar refractivity (Wildman–Crippen MR) is 85.6 cm³/mol. The topological polar surface area (TPSA) is 95.1 Å². The third-order valence-electron chi connectivity index (χ3n) is 4.00. The lowest BCUT2D eigenvalue weighted by molar-refractivity contribution is -0.146. The molecule has 0 fully saturated rings. The molecule has 0 aliphatic heterocycles. The molecule has 23 heavy (non-hydrogen) atoms. The number of carboxylic acid groups (broad SMARTS) is 1. The summed E-state index contributed by atoms with van der Waals surface area (Å²) >= 11 is 0. The highest BCUT2D eigenvalue weighted by molar-refractivity contribution is 5.95. The number of nitrogens with zero attached hydrogens (tertiary/aromatic N) is 1. The van der Waals surface area contributed by atoms with E-state index < -0.39 is 17.8 Å². The number of amides is 1. The van der Waals surface area contributed by atoms with Crippen molar-refractivity contribution in [3.05, 3.63) is 48.6 Å². The van der Waals surface area contributed by atoms with Gasteiger partial charge in [-0.3, -0.25) is 14.7 Å². The highest BCUT2D eigenvalue weighted by Crippen LogP contribution is 2.27. The molecule has 0 saturated carbocycles. The molecule has 3 N–H and O–H groups in total. The fourth-order valence-corrected chi connectivity index (χ4v) is 2.75. The molecule has 0 saturated heterocycles. The van der Waals surface area contributed by atoms with Crippen LogP contribution in [-0.4, -0.2) is 27.2 Å². The number of aromatic amines is 1. The van der Waals surface area contributed by atoms with E-state index in [1.165, 1.54) is 0 Å². The van der Waals surface area contributed by atoms with Crippen LogP contribution in [0.4, 0.5) is 5.82 Å². The van der Waals surface area contributed by atoms with Crippen LogP contribution in [0.2, 0.25) is 0 Å². The van der Waals surface area contributed by atoms with Gasteiger partial charge in [-0.05, 0) is 18.4 Å². The molecule has 3 rings (SSSR count). The summed E-state index contributed by atoms with van der Waals surface area (Å²) in [6, 6.07) is 11.4. The van der Waals surface area contributed by atoms with Crippen LogP contribution in [0.3, 0.4) is 0 Å². The maximum Gasteiger partial charge on any atom is 0.307 e. The molecule has 0 radical (unpaired) electrons. The van der Waals surface area contributed by atoms with Crippen molar-refractivity contribution in [2.45, 2.75) is 12.8 Å². The minimum absolute atomic E-state index is 0.312. The number of carbonyl (C=O) groups is 2. The fraction of sp³-hybridized carbons (Fsp3) is 0.235. The first-order valence-corrected chi connectivity index (χ1v) is 7.44. The molecule has 1 aliphatic rings. The molecule has 1 aromatic heterocycles. The van der Waals surface area contributed by atoms with Gasteiger partial charge in [-0.1, -0.05) is 42.5 Å². The van der Waals surface area contributed by atoms with Crippen molar-refractivity contribution >= 4 is 17.7 Å². The van der Waals surface area contributed by atoms with Gasteiger partial charge in [-0.15, -0.1) is 0 Å². The van der Waals surface area contributed by atoms with Gasteiger partial charge in [0.25, 0.3) is 0 Å². The number of carbonyl (C=O) groups excluding carboxylic acids is 1. The molecular formula is C17H17N3O3. The lowest BCUT2D eigenvalue weighted by Crippen LogP contribution is -2.34. The fourth-order valence-electron chi connectivity index (χ4n) is 2.75. The van der Waals surface area contributed by atoms with Gasteiger partial charge >= 0.3 is 5.97 Å². The summed E-state index contributed by atoms with van der Waals surface area (Å²) in [6.07, 6.45) is 4.47. The number of benzene rings is 1. The summed E-state index contributed by atoms with van der Waals surface area (Å²) in [7, 11) is 0. The van der Waals surface area contributed by atoms with Crippen molar-refractivity contribution in [2.24, 2.45) is 11.8 Å². The average molecular weight is 311 g/mol. The van der Waals surface area contributed by atoms with Crippen molar-refractivity contribution < 1.29 is 14.7 Å². The van der Waals surface area contributed by atoms with Gasteiger partial charge in [-0.25, -0.2) is 0 Å². The molecular weight excluding hydrogens is 294 g/mol. The molecule has 0 spiro atoms. The second-order valence-corrected chi connectivity index (χ2v) is 5.52. The number of nitrogens with one attached hydrogen (secondary N) is 2. The number of carboxylic acids is 1. The van der Waals surface area contributed by atoms with E-state index in [2.05, 4.69) is 15.5 Å². The lowest BCUT2D eigenvalue weighted by atomic mass is 9.82. The Bertz CT molecular complexity index is 737. The minimum Gasteiger partial charge on any atom is -0.481 e. The first-order valence-electron chi connectivity index (χ1n) is 7.44. The SMILES string of the molecule is O=C(O)C1CC=CCC1C(=O)Nc1cc(-c2ccccc2)[nH]n1. The van der Waals surface area contributed by atoms with Crippen LogP contribution in [0, 0.1) is 11.8 Å². The summed E-state index contributed by atoms with van der Waals surface area (Å²) in [6.45, 7) is 0. The van der Waals surface area contributed by atoms with E-state index in [1.807, 2.05) is 42.5 Å². The lowest BCUT2D eigenvalue weighted by Gasteiger charge is -2.23. The summed E-state index contributed by atoms with van der Waals surface area (Å²) in [5.74, 6) is -2.12. The third kappa shape index (κ3) is 3.31. The van der Waals surface area contributed by atoms with E-state index in [0.717, 1.165) is 11.3 Å². The standard InChI is InChI=1S/C17H17N3O3/c21-16(12-8-4-5-9-13(12)17(22)23)18-15-10-14(19-20-15)11-6-2-1-3-7-11/h1-7,10,12-13H,8-9H2,(H,22,23)(H2,18,19,20,21). The average Bonchev–Trinajstić information content (AvgIpc) is 3.04. The van der Waals surface area contributed by atoms with Gasteiger partial charge in [-0.2, -0.15) is 5.10 Å². The van der Waals surface area contributed by atoms with Crippen molar-refractivity contribution in [3.63, 3.8) is 0 Å². The van der Waals surface area contributed by atoms with Crippen LogP contribution < -0.4 is 5.32 Å². The molecule has 118 valence electrons. The molecule has 1 heterocycles. The van der Waals surface area contributed by atoms with Gasteiger partial charge in [0.1, 0.15) is 0 Å². The van der Waals surface area contributed by atoms with Gasteiger partial charge in [0, 0.05) is 6.07 Å². The van der Waals surface area contributed by atoms with E-state index in [-0.39, 0.29) is 5.91 Å². The van der Waals surface area contributed by atoms with Gasteiger partial charge in [0.2, 0.25) is 5.91 Å². The number of aromatic nitrogens is 2. The summed E-state index contributed by atoms with van der Waals surface area (Å²) < 4.78 is 0. The Hall–Kier alpha value is -2.89. The zero-order valence-corrected chi connectivity index (χ0v) is 12.4. The first-order chi connectivity index (χ1) is 11.1. The maximum absolute atomic E-state index is 12.4.